The van der Waals surface area contributed by atoms with Crippen molar-refractivity contribution in [2.45, 2.75) is 31.0 Å². The molecular formula is C15H18N4O2. The number of fused-ring (bicyclic) bond motifs is 2. The number of hydrogen-bond donors (Lipinski definition) is 3. The standard InChI is InChI=1S/C15H18N4O2/c16-12-10-2-1-5-21-14(10)13(12)18-15(20)8-3-4-9-7-17-19-11(9)6-8/h3-4,6-7,10,12-14H,1-2,5,16H2,(H,17,19)(H,18,20). The van der Waals surface area contributed by atoms with Crippen molar-refractivity contribution in [1.29, 1.82) is 0 Å². The zero-order chi connectivity index (χ0) is 14.4. The van der Waals surface area contributed by atoms with Crippen molar-refractivity contribution in [3.05, 3.63) is 30.0 Å². The van der Waals surface area contributed by atoms with Crippen LogP contribution < -0.4 is 11.1 Å². The molecule has 2 heterocycles. The van der Waals surface area contributed by atoms with E-state index in [0.717, 1.165) is 30.4 Å². The van der Waals surface area contributed by atoms with E-state index in [9.17, 15) is 4.79 Å². The smallest absolute Gasteiger partial charge is 0.251 e. The summed E-state index contributed by atoms with van der Waals surface area (Å²) in [5.74, 6) is 0.277. The highest BCUT2D eigenvalue weighted by atomic mass is 16.5. The fourth-order valence-electron chi connectivity index (χ4n) is 3.44. The monoisotopic (exact) mass is 286 g/mol. The van der Waals surface area contributed by atoms with E-state index in [4.69, 9.17) is 10.5 Å². The molecule has 6 nitrogen and oxygen atoms in total. The molecule has 2 fully saturated rings. The van der Waals surface area contributed by atoms with Gasteiger partial charge in [0.25, 0.3) is 5.91 Å². The van der Waals surface area contributed by atoms with Gasteiger partial charge in [-0.2, -0.15) is 5.10 Å². The van der Waals surface area contributed by atoms with Gasteiger partial charge in [0, 0.05) is 29.5 Å². The summed E-state index contributed by atoms with van der Waals surface area (Å²) in [7, 11) is 0. The minimum atomic E-state index is -0.112. The van der Waals surface area contributed by atoms with E-state index in [2.05, 4.69) is 15.5 Å². The molecule has 21 heavy (non-hydrogen) atoms. The van der Waals surface area contributed by atoms with E-state index in [1.807, 2.05) is 6.07 Å². The van der Waals surface area contributed by atoms with Crippen LogP contribution in [0.3, 0.4) is 0 Å². The van der Waals surface area contributed by atoms with Crippen LogP contribution in [-0.2, 0) is 4.74 Å². The lowest BCUT2D eigenvalue weighted by atomic mass is 9.68. The number of carbonyl (C=O) groups excluding carboxylic acids is 1. The first-order valence-corrected chi connectivity index (χ1v) is 7.35. The van der Waals surface area contributed by atoms with Gasteiger partial charge in [-0.1, -0.05) is 6.07 Å². The third-order valence-corrected chi connectivity index (χ3v) is 4.68. The predicted molar refractivity (Wildman–Crippen MR) is 77.8 cm³/mol. The third kappa shape index (κ3) is 2.02. The van der Waals surface area contributed by atoms with Gasteiger partial charge in [0.05, 0.1) is 23.9 Å². The maximum absolute atomic E-state index is 12.4. The van der Waals surface area contributed by atoms with E-state index in [0.29, 0.717) is 11.5 Å². The van der Waals surface area contributed by atoms with Crippen molar-refractivity contribution in [2.24, 2.45) is 11.7 Å². The maximum atomic E-state index is 12.4. The molecule has 1 aliphatic carbocycles. The number of hydrogen-bond acceptors (Lipinski definition) is 4. The number of aromatic nitrogens is 2. The van der Waals surface area contributed by atoms with Crippen molar-refractivity contribution in [2.75, 3.05) is 6.61 Å². The van der Waals surface area contributed by atoms with Crippen molar-refractivity contribution < 1.29 is 9.53 Å². The molecule has 4 rings (SSSR count). The summed E-state index contributed by atoms with van der Waals surface area (Å²) in [6, 6.07) is 5.40. The van der Waals surface area contributed by atoms with Crippen LogP contribution in [0.2, 0.25) is 0 Å². The molecule has 1 aromatic heterocycles. The molecule has 2 aromatic rings. The number of amides is 1. The van der Waals surface area contributed by atoms with Crippen molar-refractivity contribution in [3.63, 3.8) is 0 Å². The quantitative estimate of drug-likeness (QED) is 0.761. The number of carbonyl (C=O) groups is 1. The van der Waals surface area contributed by atoms with Gasteiger partial charge in [-0.25, -0.2) is 0 Å². The first-order valence-electron chi connectivity index (χ1n) is 7.35. The van der Waals surface area contributed by atoms with Crippen LogP contribution in [0, 0.1) is 5.92 Å². The van der Waals surface area contributed by atoms with Gasteiger partial charge in [-0.3, -0.25) is 9.89 Å². The maximum Gasteiger partial charge on any atom is 0.251 e. The number of nitrogens with one attached hydrogen (secondary N) is 2. The average Bonchev–Trinajstić information content (AvgIpc) is 2.99. The fourth-order valence-corrected chi connectivity index (χ4v) is 3.44. The minimum Gasteiger partial charge on any atom is -0.376 e. The highest BCUT2D eigenvalue weighted by Crippen LogP contribution is 2.37. The summed E-state index contributed by atoms with van der Waals surface area (Å²) < 4.78 is 5.74. The summed E-state index contributed by atoms with van der Waals surface area (Å²) in [4.78, 5) is 12.4. The Balaban J connectivity index is 1.50. The molecule has 110 valence electrons. The van der Waals surface area contributed by atoms with Crippen molar-refractivity contribution >= 4 is 16.8 Å². The predicted octanol–water partition coefficient (Wildman–Crippen LogP) is 0.797. The van der Waals surface area contributed by atoms with E-state index < -0.39 is 0 Å². The van der Waals surface area contributed by atoms with Crippen molar-refractivity contribution in [3.8, 4) is 0 Å². The van der Waals surface area contributed by atoms with Gasteiger partial charge in [-0.05, 0) is 25.0 Å². The molecule has 1 aliphatic heterocycles. The average molecular weight is 286 g/mol. The topological polar surface area (TPSA) is 93.0 Å². The number of benzene rings is 1. The molecule has 0 bridgehead atoms. The summed E-state index contributed by atoms with van der Waals surface area (Å²) in [5.41, 5.74) is 7.63. The van der Waals surface area contributed by atoms with E-state index in [-0.39, 0.29) is 24.1 Å². The minimum absolute atomic E-state index is 0.00450. The Labute approximate surface area is 122 Å². The van der Waals surface area contributed by atoms with E-state index in [1.165, 1.54) is 0 Å². The Bertz CT molecular complexity index is 683. The number of H-pyrrole nitrogens is 1. The van der Waals surface area contributed by atoms with Crippen molar-refractivity contribution in [1.82, 2.24) is 15.5 Å². The summed E-state index contributed by atoms with van der Waals surface area (Å²) in [6.07, 6.45) is 3.97. The molecule has 4 atom stereocenters. The second-order valence-corrected chi connectivity index (χ2v) is 5.89. The summed E-state index contributed by atoms with van der Waals surface area (Å²) in [6.45, 7) is 0.764. The second kappa shape index (κ2) is 4.82. The number of aromatic amines is 1. The molecule has 4 N–H and O–H groups in total. The highest BCUT2D eigenvalue weighted by molar-refractivity contribution is 5.98. The zero-order valence-corrected chi connectivity index (χ0v) is 11.6. The van der Waals surface area contributed by atoms with Gasteiger partial charge >= 0.3 is 0 Å². The van der Waals surface area contributed by atoms with Crippen LogP contribution in [-0.4, -0.2) is 40.9 Å². The Morgan fingerprint density at radius 1 is 1.48 bits per heavy atom. The lowest BCUT2D eigenvalue weighted by Crippen LogP contribution is -2.72. The number of nitrogens with zero attached hydrogens (tertiary/aromatic N) is 1. The van der Waals surface area contributed by atoms with Gasteiger partial charge in [0.15, 0.2) is 0 Å². The molecule has 6 heteroatoms. The van der Waals surface area contributed by atoms with Gasteiger partial charge < -0.3 is 15.8 Å². The summed E-state index contributed by atoms with van der Waals surface area (Å²) >= 11 is 0. The van der Waals surface area contributed by atoms with E-state index in [1.54, 1.807) is 18.3 Å². The molecule has 1 saturated carbocycles. The lowest BCUT2D eigenvalue weighted by molar-refractivity contribution is -0.117. The van der Waals surface area contributed by atoms with Crippen LogP contribution in [0.25, 0.3) is 10.9 Å². The Morgan fingerprint density at radius 3 is 3.29 bits per heavy atom. The Morgan fingerprint density at radius 2 is 2.38 bits per heavy atom. The Kier molecular flexibility index (Phi) is 2.94. The molecular weight excluding hydrogens is 268 g/mol. The zero-order valence-electron chi connectivity index (χ0n) is 11.6. The normalized spacial score (nSPS) is 31.5. The number of nitrogens with two attached hydrogens (primary N) is 1. The number of rotatable bonds is 2. The third-order valence-electron chi connectivity index (χ3n) is 4.68. The molecule has 0 spiro atoms. The second-order valence-electron chi connectivity index (χ2n) is 5.89. The highest BCUT2D eigenvalue weighted by Gasteiger charge is 2.51. The largest absolute Gasteiger partial charge is 0.376 e. The lowest BCUT2D eigenvalue weighted by Gasteiger charge is -2.52. The van der Waals surface area contributed by atoms with Gasteiger partial charge in [0.1, 0.15) is 0 Å². The molecule has 4 unspecified atom stereocenters. The van der Waals surface area contributed by atoms with Gasteiger partial charge in [0.2, 0.25) is 0 Å². The first-order chi connectivity index (χ1) is 10.2. The molecule has 0 radical (unpaired) electrons. The summed E-state index contributed by atoms with van der Waals surface area (Å²) in [5, 5.41) is 10.8. The van der Waals surface area contributed by atoms with Crippen LogP contribution in [0.1, 0.15) is 23.2 Å². The molecule has 1 saturated heterocycles. The molecule has 2 aliphatic rings. The SMILES string of the molecule is NC1C2CCCOC2C1NC(=O)c1ccc2cn[nH]c2c1. The Hall–Kier alpha value is -1.92. The van der Waals surface area contributed by atoms with Crippen LogP contribution >= 0.6 is 0 Å². The van der Waals surface area contributed by atoms with Crippen LogP contribution in [0.15, 0.2) is 24.4 Å². The molecule has 1 amide bonds. The first kappa shape index (κ1) is 12.8. The van der Waals surface area contributed by atoms with Crippen LogP contribution in [0.5, 0.6) is 0 Å². The fraction of sp³-hybridized carbons (Fsp3) is 0.467. The number of ether oxygens (including phenoxy) is 1. The van der Waals surface area contributed by atoms with E-state index >= 15 is 0 Å². The van der Waals surface area contributed by atoms with Gasteiger partial charge in [-0.15, -0.1) is 0 Å². The molecule has 1 aromatic carbocycles. The van der Waals surface area contributed by atoms with Crippen LogP contribution in [0.4, 0.5) is 0 Å².